The van der Waals surface area contributed by atoms with Crippen molar-refractivity contribution in [3.8, 4) is 0 Å². The summed E-state index contributed by atoms with van der Waals surface area (Å²) in [6.45, 7) is 3.11. The normalized spacial score (nSPS) is 20.7. The number of nitrogens with one attached hydrogen (secondary N) is 1. The molecule has 0 amide bonds. The molecule has 1 atom stereocenters. The predicted molar refractivity (Wildman–Crippen MR) is 90.0 cm³/mol. The lowest BCUT2D eigenvalue weighted by Gasteiger charge is -2.38. The van der Waals surface area contributed by atoms with Crippen molar-refractivity contribution in [3.63, 3.8) is 0 Å². The molecule has 7 heteroatoms. The second kappa shape index (κ2) is 9.11. The number of piperazine rings is 1. The first kappa shape index (κ1) is 20.6. The number of hydrogen-bond donors (Lipinski definition) is 1. The van der Waals surface area contributed by atoms with Gasteiger partial charge in [0.25, 0.3) is 0 Å². The average Bonchev–Trinajstić information content (AvgIpc) is 3.02. The van der Waals surface area contributed by atoms with Crippen LogP contribution in [-0.2, 0) is 0 Å². The van der Waals surface area contributed by atoms with Gasteiger partial charge in [0.1, 0.15) is 5.82 Å². The second-order valence-corrected chi connectivity index (χ2v) is 6.03. The third-order valence-electron chi connectivity index (χ3n) is 4.77. The average molecular weight is 371 g/mol. The highest BCUT2D eigenvalue weighted by Crippen LogP contribution is 2.41. The van der Waals surface area contributed by atoms with E-state index in [0.717, 1.165) is 64.0 Å². The van der Waals surface area contributed by atoms with Gasteiger partial charge < -0.3 is 5.32 Å². The van der Waals surface area contributed by atoms with Gasteiger partial charge in [-0.2, -0.15) is 0 Å². The molecule has 0 unspecified atom stereocenters. The number of rotatable bonds is 3. The van der Waals surface area contributed by atoms with Crippen LogP contribution >= 0.6 is 24.8 Å². The van der Waals surface area contributed by atoms with Gasteiger partial charge in [0.15, 0.2) is 11.6 Å². The summed E-state index contributed by atoms with van der Waals surface area (Å²) in [6, 6.07) is 1.58. The van der Waals surface area contributed by atoms with Crippen molar-refractivity contribution in [1.29, 1.82) is 0 Å². The highest BCUT2D eigenvalue weighted by atomic mass is 35.5. The number of benzene rings is 1. The molecule has 0 radical (unpaired) electrons. The van der Waals surface area contributed by atoms with Crippen molar-refractivity contribution < 1.29 is 13.2 Å². The van der Waals surface area contributed by atoms with Crippen molar-refractivity contribution >= 4 is 24.8 Å². The molecule has 1 aliphatic carbocycles. The lowest BCUT2D eigenvalue weighted by atomic mass is 9.89. The van der Waals surface area contributed by atoms with Crippen LogP contribution in [0, 0.1) is 23.4 Å². The molecule has 2 aliphatic rings. The maximum atomic E-state index is 14.3. The van der Waals surface area contributed by atoms with Crippen molar-refractivity contribution in [3.05, 3.63) is 35.1 Å². The Balaban J connectivity index is 0.00000132. The van der Waals surface area contributed by atoms with Gasteiger partial charge in [-0.05, 0) is 30.9 Å². The van der Waals surface area contributed by atoms with Crippen LogP contribution in [0.2, 0.25) is 0 Å². The second-order valence-electron chi connectivity index (χ2n) is 6.03. The van der Waals surface area contributed by atoms with Crippen LogP contribution in [0.4, 0.5) is 13.2 Å². The minimum Gasteiger partial charge on any atom is -0.314 e. The summed E-state index contributed by atoms with van der Waals surface area (Å²) < 4.78 is 42.1. The molecule has 1 saturated carbocycles. The highest BCUT2D eigenvalue weighted by molar-refractivity contribution is 5.85. The maximum absolute atomic E-state index is 14.3. The zero-order valence-electron chi connectivity index (χ0n) is 12.9. The van der Waals surface area contributed by atoms with Gasteiger partial charge >= 0.3 is 0 Å². The van der Waals surface area contributed by atoms with Crippen LogP contribution in [0.25, 0.3) is 0 Å². The Morgan fingerprint density at radius 2 is 1.52 bits per heavy atom. The van der Waals surface area contributed by atoms with Gasteiger partial charge in [-0.1, -0.05) is 12.8 Å². The van der Waals surface area contributed by atoms with Gasteiger partial charge in [-0.25, -0.2) is 13.2 Å². The van der Waals surface area contributed by atoms with Crippen molar-refractivity contribution in [2.24, 2.45) is 5.92 Å². The van der Waals surface area contributed by atoms with Gasteiger partial charge in [-0.15, -0.1) is 24.8 Å². The highest BCUT2D eigenvalue weighted by Gasteiger charge is 2.36. The number of hydrogen-bond acceptors (Lipinski definition) is 2. The van der Waals surface area contributed by atoms with Crippen LogP contribution in [0.5, 0.6) is 0 Å². The summed E-state index contributed by atoms with van der Waals surface area (Å²) in [6.07, 6.45) is 4.10. The molecule has 3 rings (SSSR count). The Hall–Kier alpha value is -0.490. The van der Waals surface area contributed by atoms with E-state index in [4.69, 9.17) is 0 Å². The Bertz CT molecular complexity index is 504. The van der Waals surface area contributed by atoms with Crippen LogP contribution in [0.1, 0.15) is 37.3 Å². The van der Waals surface area contributed by atoms with Gasteiger partial charge in [0.2, 0.25) is 0 Å². The third kappa shape index (κ3) is 4.32. The molecule has 0 aromatic heterocycles. The largest absolute Gasteiger partial charge is 0.314 e. The van der Waals surface area contributed by atoms with Crippen LogP contribution < -0.4 is 5.32 Å². The van der Waals surface area contributed by atoms with E-state index in [1.54, 1.807) is 0 Å². The van der Waals surface area contributed by atoms with E-state index >= 15 is 0 Å². The van der Waals surface area contributed by atoms with Crippen LogP contribution in [-0.4, -0.2) is 31.1 Å². The Kier molecular flexibility index (Phi) is 8.14. The standard InChI is InChI=1S/C16H21F3N2.2ClH/c17-12-5-6-13(18)15(19)14(12)16(11-3-1-2-4-11)21-9-7-20-8-10-21;;/h5-6,11,16,20H,1-4,7-10H2;2*1H/t16-;;/m1../s1. The molecular weight excluding hydrogens is 348 g/mol. The molecule has 132 valence electrons. The molecule has 1 aliphatic heterocycles. The van der Waals surface area contributed by atoms with Crippen molar-refractivity contribution in [2.75, 3.05) is 26.2 Å². The topological polar surface area (TPSA) is 15.3 Å². The van der Waals surface area contributed by atoms with Gasteiger partial charge in [0.05, 0.1) is 0 Å². The molecule has 0 spiro atoms. The van der Waals surface area contributed by atoms with Gasteiger partial charge in [0, 0.05) is 37.8 Å². The Morgan fingerprint density at radius 3 is 2.13 bits per heavy atom. The lowest BCUT2D eigenvalue weighted by molar-refractivity contribution is 0.118. The molecule has 1 N–H and O–H groups in total. The Labute approximate surface area is 147 Å². The summed E-state index contributed by atoms with van der Waals surface area (Å²) in [4.78, 5) is 2.12. The van der Waals surface area contributed by atoms with Crippen LogP contribution in [0.3, 0.4) is 0 Å². The quantitative estimate of drug-likeness (QED) is 0.806. The predicted octanol–water partition coefficient (Wildman–Crippen LogP) is 4.08. The van der Waals surface area contributed by atoms with Crippen LogP contribution in [0.15, 0.2) is 12.1 Å². The molecule has 23 heavy (non-hydrogen) atoms. The zero-order chi connectivity index (χ0) is 14.8. The molecule has 2 nitrogen and oxygen atoms in total. The zero-order valence-corrected chi connectivity index (χ0v) is 14.5. The summed E-state index contributed by atoms with van der Waals surface area (Å²) in [7, 11) is 0. The van der Waals surface area contributed by atoms with E-state index in [1.807, 2.05) is 0 Å². The Morgan fingerprint density at radius 1 is 0.957 bits per heavy atom. The molecule has 1 aromatic carbocycles. The van der Waals surface area contributed by atoms with E-state index in [1.165, 1.54) is 0 Å². The van der Waals surface area contributed by atoms with E-state index in [2.05, 4.69) is 10.2 Å². The fraction of sp³-hybridized carbons (Fsp3) is 0.625. The molecule has 1 aromatic rings. The first-order valence-electron chi connectivity index (χ1n) is 7.76. The fourth-order valence-corrected chi connectivity index (χ4v) is 3.76. The summed E-state index contributed by atoms with van der Waals surface area (Å²) >= 11 is 0. The van der Waals surface area contributed by atoms with Crippen molar-refractivity contribution in [2.45, 2.75) is 31.7 Å². The molecule has 2 fully saturated rings. The maximum Gasteiger partial charge on any atom is 0.166 e. The minimum absolute atomic E-state index is 0. The first-order chi connectivity index (χ1) is 10.2. The summed E-state index contributed by atoms with van der Waals surface area (Å²) in [5.41, 5.74) is -0.0659. The molecule has 1 saturated heterocycles. The smallest absolute Gasteiger partial charge is 0.166 e. The first-order valence-corrected chi connectivity index (χ1v) is 7.76. The molecule has 1 heterocycles. The monoisotopic (exact) mass is 370 g/mol. The van der Waals surface area contributed by atoms with E-state index in [0.29, 0.717) is 0 Å². The SMILES string of the molecule is Cl.Cl.Fc1ccc(F)c([C@@H](C2CCCC2)N2CCNCC2)c1F. The van der Waals surface area contributed by atoms with Crippen molar-refractivity contribution in [1.82, 2.24) is 10.2 Å². The lowest BCUT2D eigenvalue weighted by Crippen LogP contribution is -2.47. The van der Waals surface area contributed by atoms with Gasteiger partial charge in [-0.3, -0.25) is 4.90 Å². The van der Waals surface area contributed by atoms with E-state index in [9.17, 15) is 13.2 Å². The summed E-state index contributed by atoms with van der Waals surface area (Å²) in [5.74, 6) is -2.37. The summed E-state index contributed by atoms with van der Waals surface area (Å²) in [5, 5.41) is 3.25. The fourth-order valence-electron chi connectivity index (χ4n) is 3.76. The van der Waals surface area contributed by atoms with E-state index in [-0.39, 0.29) is 42.3 Å². The third-order valence-corrected chi connectivity index (χ3v) is 4.77. The molecular formula is C16H23Cl2F3N2. The number of halogens is 5. The minimum atomic E-state index is -1.01. The van der Waals surface area contributed by atoms with E-state index < -0.39 is 17.5 Å². The number of nitrogens with zero attached hydrogens (tertiary/aromatic N) is 1. The molecule has 0 bridgehead atoms.